The van der Waals surface area contributed by atoms with Crippen LogP contribution in [-0.4, -0.2) is 45.6 Å². The van der Waals surface area contributed by atoms with Crippen molar-refractivity contribution < 1.29 is 14.6 Å². The van der Waals surface area contributed by atoms with E-state index in [1.54, 1.807) is 0 Å². The Morgan fingerprint density at radius 2 is 1.54 bits per heavy atom. The maximum atomic E-state index is 10.8. The third kappa shape index (κ3) is 7.76. The second-order valence-corrected chi connectivity index (χ2v) is 9.27. The maximum absolute atomic E-state index is 10.8. The number of benzene rings is 3. The summed E-state index contributed by atoms with van der Waals surface area (Å²) < 4.78 is 14.0. The van der Waals surface area contributed by atoms with Gasteiger partial charge in [-0.05, 0) is 43.2 Å². The first-order valence-corrected chi connectivity index (χ1v) is 13.0. The molecule has 0 amide bonds. The quantitative estimate of drug-likeness (QED) is 0.211. The first-order chi connectivity index (χ1) is 18.1. The highest BCUT2D eigenvalue weighted by molar-refractivity contribution is 5.43. The lowest BCUT2D eigenvalue weighted by Gasteiger charge is -2.25. The Bertz CT molecular complexity index is 1200. The average molecular weight is 500 g/mol. The summed E-state index contributed by atoms with van der Waals surface area (Å²) in [6.07, 6.45) is 1.48. The van der Waals surface area contributed by atoms with Crippen molar-refractivity contribution in [1.29, 1.82) is 0 Å². The fourth-order valence-electron chi connectivity index (χ4n) is 4.24. The van der Waals surface area contributed by atoms with Crippen LogP contribution in [0.4, 0.5) is 0 Å². The number of ether oxygens (including phenoxy) is 2. The predicted molar refractivity (Wildman–Crippen MR) is 147 cm³/mol. The molecule has 0 bridgehead atoms. The number of aliphatic hydroxyl groups excluding tert-OH is 1. The summed E-state index contributed by atoms with van der Waals surface area (Å²) in [5, 5.41) is 15.7. The molecular formula is C31H37N3O3. The Kier molecular flexibility index (Phi) is 9.89. The molecular weight excluding hydrogens is 462 g/mol. The number of aliphatic hydroxyl groups is 1. The zero-order valence-electron chi connectivity index (χ0n) is 21.8. The number of para-hydroxylation sites is 2. The Morgan fingerprint density at radius 3 is 2.22 bits per heavy atom. The molecule has 6 nitrogen and oxygen atoms in total. The molecule has 1 N–H and O–H groups in total. The summed E-state index contributed by atoms with van der Waals surface area (Å²) in [6, 6.07) is 30.1. The fraction of sp³-hybridized carbons (Fsp3) is 0.323. The van der Waals surface area contributed by atoms with E-state index in [0.717, 1.165) is 35.5 Å². The van der Waals surface area contributed by atoms with Crippen molar-refractivity contribution in [3.8, 4) is 17.3 Å². The van der Waals surface area contributed by atoms with E-state index in [1.807, 2.05) is 90.5 Å². The number of aryl methyl sites for hydroxylation is 1. The van der Waals surface area contributed by atoms with Crippen molar-refractivity contribution in [3.63, 3.8) is 0 Å². The number of rotatable bonds is 14. The van der Waals surface area contributed by atoms with E-state index in [1.165, 1.54) is 5.56 Å². The Morgan fingerprint density at radius 1 is 0.892 bits per heavy atom. The van der Waals surface area contributed by atoms with E-state index in [4.69, 9.17) is 14.6 Å². The third-order valence-corrected chi connectivity index (χ3v) is 6.15. The van der Waals surface area contributed by atoms with Crippen LogP contribution in [0.2, 0.25) is 0 Å². The lowest BCUT2D eigenvalue weighted by atomic mass is 10.1. The normalized spacial score (nSPS) is 12.1. The van der Waals surface area contributed by atoms with Crippen LogP contribution < -0.4 is 4.74 Å². The molecule has 3 aromatic carbocycles. The van der Waals surface area contributed by atoms with Crippen molar-refractivity contribution in [3.05, 3.63) is 108 Å². The molecule has 0 saturated carbocycles. The highest BCUT2D eigenvalue weighted by atomic mass is 16.5. The van der Waals surface area contributed by atoms with Crippen LogP contribution >= 0.6 is 0 Å². The summed E-state index contributed by atoms with van der Waals surface area (Å²) in [7, 11) is 0. The average Bonchev–Trinajstić information content (AvgIpc) is 3.22. The lowest BCUT2D eigenvalue weighted by Crippen LogP contribution is -2.34. The standard InChI is InChI=1S/C31H37N3O3/c1-3-4-20-36-24-28(35)22-33(21-26-14-8-5-9-15-26)23-30-25(2)32-34(27-16-10-6-11-17-27)31(30)37-29-18-12-7-13-19-29/h5-19,28,35H,3-4,20-24H2,1-2H3/t28-/m1/s1. The van der Waals surface area contributed by atoms with Gasteiger partial charge in [0.2, 0.25) is 5.88 Å². The highest BCUT2D eigenvalue weighted by Gasteiger charge is 2.23. The Balaban J connectivity index is 1.63. The number of nitrogens with zero attached hydrogens (tertiary/aromatic N) is 3. The van der Waals surface area contributed by atoms with Gasteiger partial charge in [-0.2, -0.15) is 5.10 Å². The van der Waals surface area contributed by atoms with Gasteiger partial charge in [-0.1, -0.05) is 80.1 Å². The fourth-order valence-corrected chi connectivity index (χ4v) is 4.24. The van der Waals surface area contributed by atoms with Gasteiger partial charge in [0.1, 0.15) is 5.75 Å². The van der Waals surface area contributed by atoms with Crippen LogP contribution in [-0.2, 0) is 17.8 Å². The molecule has 0 aliphatic heterocycles. The summed E-state index contributed by atoms with van der Waals surface area (Å²) in [4.78, 5) is 2.24. The van der Waals surface area contributed by atoms with Crippen LogP contribution in [0.25, 0.3) is 5.69 Å². The van der Waals surface area contributed by atoms with Gasteiger partial charge in [0.25, 0.3) is 0 Å². The smallest absolute Gasteiger partial charge is 0.227 e. The molecule has 0 saturated heterocycles. The van der Waals surface area contributed by atoms with Crippen molar-refractivity contribution in [2.75, 3.05) is 19.8 Å². The minimum Gasteiger partial charge on any atom is -0.439 e. The van der Waals surface area contributed by atoms with Crippen LogP contribution in [0.3, 0.4) is 0 Å². The van der Waals surface area contributed by atoms with Gasteiger partial charge >= 0.3 is 0 Å². The highest BCUT2D eigenvalue weighted by Crippen LogP contribution is 2.32. The molecule has 0 unspecified atom stereocenters. The van der Waals surface area contributed by atoms with E-state index < -0.39 is 6.10 Å². The molecule has 194 valence electrons. The predicted octanol–water partition coefficient (Wildman–Crippen LogP) is 6.15. The van der Waals surface area contributed by atoms with Gasteiger partial charge in [-0.3, -0.25) is 4.90 Å². The summed E-state index contributed by atoms with van der Waals surface area (Å²) in [5.74, 6) is 1.43. The van der Waals surface area contributed by atoms with E-state index in [0.29, 0.717) is 38.7 Å². The van der Waals surface area contributed by atoms with Crippen molar-refractivity contribution in [2.24, 2.45) is 0 Å². The molecule has 1 atom stereocenters. The Hall–Kier alpha value is -3.45. The largest absolute Gasteiger partial charge is 0.439 e. The topological polar surface area (TPSA) is 59.8 Å². The van der Waals surface area contributed by atoms with E-state index in [9.17, 15) is 5.11 Å². The van der Waals surface area contributed by atoms with Crippen molar-refractivity contribution in [2.45, 2.75) is 45.9 Å². The Labute approximate surface area is 220 Å². The van der Waals surface area contributed by atoms with E-state index in [-0.39, 0.29) is 0 Å². The number of unbranched alkanes of at least 4 members (excludes halogenated alkanes) is 1. The first kappa shape index (κ1) is 26.6. The SMILES string of the molecule is CCCCOC[C@H](O)CN(Cc1ccccc1)Cc1c(C)nn(-c2ccccc2)c1Oc1ccccc1. The lowest BCUT2D eigenvalue weighted by molar-refractivity contribution is 0.0127. The zero-order valence-corrected chi connectivity index (χ0v) is 21.8. The van der Waals surface area contributed by atoms with Crippen LogP contribution in [0.15, 0.2) is 91.0 Å². The van der Waals surface area contributed by atoms with Gasteiger partial charge in [0, 0.05) is 26.2 Å². The number of hydrogen-bond acceptors (Lipinski definition) is 5. The van der Waals surface area contributed by atoms with Gasteiger partial charge in [0.05, 0.1) is 29.7 Å². The number of hydrogen-bond donors (Lipinski definition) is 1. The molecule has 0 aliphatic rings. The van der Waals surface area contributed by atoms with Crippen molar-refractivity contribution in [1.82, 2.24) is 14.7 Å². The van der Waals surface area contributed by atoms with Crippen LogP contribution in [0.5, 0.6) is 11.6 Å². The maximum Gasteiger partial charge on any atom is 0.227 e. The summed E-state index contributed by atoms with van der Waals surface area (Å²) in [6.45, 7) is 6.87. The summed E-state index contributed by atoms with van der Waals surface area (Å²) >= 11 is 0. The zero-order chi connectivity index (χ0) is 25.9. The minimum atomic E-state index is -0.594. The molecule has 0 aliphatic carbocycles. The molecule has 1 heterocycles. The van der Waals surface area contributed by atoms with Crippen LogP contribution in [0.1, 0.15) is 36.6 Å². The van der Waals surface area contributed by atoms with Crippen LogP contribution in [0, 0.1) is 6.92 Å². The molecule has 6 heteroatoms. The van der Waals surface area contributed by atoms with E-state index >= 15 is 0 Å². The van der Waals surface area contributed by atoms with Gasteiger partial charge in [-0.25, -0.2) is 4.68 Å². The summed E-state index contributed by atoms with van der Waals surface area (Å²) in [5.41, 5.74) is 3.99. The van der Waals surface area contributed by atoms with Crippen molar-refractivity contribution >= 4 is 0 Å². The molecule has 4 aromatic rings. The van der Waals surface area contributed by atoms with E-state index in [2.05, 4.69) is 24.0 Å². The van der Waals surface area contributed by atoms with Gasteiger partial charge in [0.15, 0.2) is 0 Å². The third-order valence-electron chi connectivity index (χ3n) is 6.15. The monoisotopic (exact) mass is 499 g/mol. The second kappa shape index (κ2) is 13.7. The molecule has 37 heavy (non-hydrogen) atoms. The first-order valence-electron chi connectivity index (χ1n) is 13.0. The number of aromatic nitrogens is 2. The molecule has 1 aromatic heterocycles. The molecule has 0 spiro atoms. The van der Waals surface area contributed by atoms with Gasteiger partial charge < -0.3 is 14.6 Å². The molecule has 4 rings (SSSR count). The van der Waals surface area contributed by atoms with Gasteiger partial charge in [-0.15, -0.1) is 0 Å². The minimum absolute atomic E-state index is 0.320. The second-order valence-electron chi connectivity index (χ2n) is 9.27. The molecule has 0 fully saturated rings. The molecule has 0 radical (unpaired) electrons.